The van der Waals surface area contributed by atoms with Gasteiger partial charge in [-0.1, -0.05) is 73.6 Å². The van der Waals surface area contributed by atoms with E-state index in [4.69, 9.17) is 0 Å². The van der Waals surface area contributed by atoms with Gasteiger partial charge in [-0.25, -0.2) is 0 Å². The van der Waals surface area contributed by atoms with Crippen molar-refractivity contribution in [1.82, 2.24) is 0 Å². The molecule has 0 unspecified atom stereocenters. The Morgan fingerprint density at radius 2 is 1.59 bits per heavy atom. The fraction of sp³-hybridized carbons (Fsp3) is 0.412. The summed E-state index contributed by atoms with van der Waals surface area (Å²) >= 11 is 0. The SMILES string of the molecule is C\C=C/C=C/C(C)=C/C=C\C(C)=C/CC(C)C. The summed E-state index contributed by atoms with van der Waals surface area (Å²) in [5, 5.41) is 0. The molecule has 0 aliphatic heterocycles. The van der Waals surface area contributed by atoms with Crippen LogP contribution in [0, 0.1) is 5.92 Å². The zero-order valence-corrected chi connectivity index (χ0v) is 11.9. The Balaban J connectivity index is 4.24. The van der Waals surface area contributed by atoms with Gasteiger partial charge in [0.15, 0.2) is 0 Å². The monoisotopic (exact) mass is 230 g/mol. The Labute approximate surface area is 107 Å². The predicted molar refractivity (Wildman–Crippen MR) is 80.1 cm³/mol. The van der Waals surface area contributed by atoms with E-state index in [0.717, 1.165) is 12.3 Å². The first-order valence-electron chi connectivity index (χ1n) is 6.37. The average Bonchev–Trinajstić information content (AvgIpc) is 2.27. The standard InChI is InChI=1S/C17H26/c1-6-7-8-10-16(4)11-9-12-17(5)14-13-15(2)3/h6-12,14-15H,13H2,1-5H3/b7-6-,10-8+,12-9-,16-11+,17-14-. The number of hydrogen-bond acceptors (Lipinski definition) is 0. The van der Waals surface area contributed by atoms with Crippen LogP contribution in [0.1, 0.15) is 41.0 Å². The molecule has 0 aliphatic rings. The molecule has 0 atom stereocenters. The molecular weight excluding hydrogens is 204 g/mol. The van der Waals surface area contributed by atoms with Crippen LogP contribution in [0.15, 0.2) is 59.8 Å². The number of allylic oxidation sites excluding steroid dienone is 10. The molecule has 0 heteroatoms. The molecule has 0 fully saturated rings. The van der Waals surface area contributed by atoms with Crippen LogP contribution in [-0.4, -0.2) is 0 Å². The average molecular weight is 230 g/mol. The molecule has 0 bridgehead atoms. The number of hydrogen-bond donors (Lipinski definition) is 0. The zero-order chi connectivity index (χ0) is 13.1. The molecule has 0 aromatic heterocycles. The highest BCUT2D eigenvalue weighted by Crippen LogP contribution is 2.05. The first-order valence-corrected chi connectivity index (χ1v) is 6.37. The fourth-order valence-corrected chi connectivity index (χ4v) is 1.22. The van der Waals surface area contributed by atoms with Crippen LogP contribution >= 0.6 is 0 Å². The Kier molecular flexibility index (Phi) is 9.14. The minimum absolute atomic E-state index is 0.736. The lowest BCUT2D eigenvalue weighted by Crippen LogP contribution is -1.82. The summed E-state index contributed by atoms with van der Waals surface area (Å²) in [6.45, 7) is 10.8. The maximum Gasteiger partial charge on any atom is -0.0322 e. The van der Waals surface area contributed by atoms with Gasteiger partial charge in [-0.3, -0.25) is 0 Å². The van der Waals surface area contributed by atoms with E-state index in [0.29, 0.717) is 0 Å². The van der Waals surface area contributed by atoms with Gasteiger partial charge in [0, 0.05) is 0 Å². The van der Waals surface area contributed by atoms with Crippen molar-refractivity contribution < 1.29 is 0 Å². The highest BCUT2D eigenvalue weighted by atomic mass is 13.9. The molecule has 0 aromatic rings. The lowest BCUT2D eigenvalue weighted by atomic mass is 10.1. The zero-order valence-electron chi connectivity index (χ0n) is 11.9. The summed E-state index contributed by atoms with van der Waals surface area (Å²) in [6.07, 6.45) is 18.1. The molecule has 0 rings (SSSR count). The van der Waals surface area contributed by atoms with Gasteiger partial charge in [-0.05, 0) is 33.1 Å². The quantitative estimate of drug-likeness (QED) is 0.520. The lowest BCUT2D eigenvalue weighted by molar-refractivity contribution is 0.662. The fourth-order valence-electron chi connectivity index (χ4n) is 1.22. The van der Waals surface area contributed by atoms with Gasteiger partial charge in [0.05, 0.1) is 0 Å². The van der Waals surface area contributed by atoms with Crippen molar-refractivity contribution >= 4 is 0 Å². The smallest absolute Gasteiger partial charge is 0.0322 e. The van der Waals surface area contributed by atoms with E-state index in [1.807, 2.05) is 19.1 Å². The van der Waals surface area contributed by atoms with Crippen molar-refractivity contribution in [3.63, 3.8) is 0 Å². The molecule has 0 spiro atoms. The summed E-state index contributed by atoms with van der Waals surface area (Å²) in [5.74, 6) is 0.736. The summed E-state index contributed by atoms with van der Waals surface area (Å²) in [5.41, 5.74) is 2.59. The van der Waals surface area contributed by atoms with Gasteiger partial charge in [-0.2, -0.15) is 0 Å². The molecule has 0 nitrogen and oxygen atoms in total. The van der Waals surface area contributed by atoms with Gasteiger partial charge < -0.3 is 0 Å². The Bertz CT molecular complexity index is 333. The van der Waals surface area contributed by atoms with Crippen LogP contribution in [0.2, 0.25) is 0 Å². The van der Waals surface area contributed by atoms with Crippen molar-refractivity contribution in [2.24, 2.45) is 5.92 Å². The summed E-state index contributed by atoms with van der Waals surface area (Å²) in [4.78, 5) is 0. The second-order valence-corrected chi connectivity index (χ2v) is 4.73. The van der Waals surface area contributed by atoms with Gasteiger partial charge >= 0.3 is 0 Å². The van der Waals surface area contributed by atoms with Crippen molar-refractivity contribution in [3.8, 4) is 0 Å². The van der Waals surface area contributed by atoms with Crippen molar-refractivity contribution in [3.05, 3.63) is 59.8 Å². The van der Waals surface area contributed by atoms with Crippen LogP contribution < -0.4 is 0 Å². The molecule has 0 saturated heterocycles. The third kappa shape index (κ3) is 11.0. The lowest BCUT2D eigenvalue weighted by Gasteiger charge is -1.98. The Morgan fingerprint density at radius 3 is 2.18 bits per heavy atom. The van der Waals surface area contributed by atoms with Crippen LogP contribution in [0.5, 0.6) is 0 Å². The first-order chi connectivity index (χ1) is 8.06. The molecule has 0 aromatic carbocycles. The van der Waals surface area contributed by atoms with Gasteiger partial charge in [0.25, 0.3) is 0 Å². The summed E-state index contributed by atoms with van der Waals surface area (Å²) < 4.78 is 0. The van der Waals surface area contributed by atoms with E-state index in [1.54, 1.807) is 0 Å². The third-order valence-corrected chi connectivity index (χ3v) is 2.29. The third-order valence-electron chi connectivity index (χ3n) is 2.29. The van der Waals surface area contributed by atoms with Crippen molar-refractivity contribution in [2.45, 2.75) is 41.0 Å². The van der Waals surface area contributed by atoms with Crippen LogP contribution in [0.25, 0.3) is 0 Å². The second-order valence-electron chi connectivity index (χ2n) is 4.73. The van der Waals surface area contributed by atoms with E-state index < -0.39 is 0 Å². The van der Waals surface area contributed by atoms with E-state index in [-0.39, 0.29) is 0 Å². The minimum atomic E-state index is 0.736. The topological polar surface area (TPSA) is 0 Å². The first kappa shape index (κ1) is 15.7. The van der Waals surface area contributed by atoms with Crippen LogP contribution in [-0.2, 0) is 0 Å². The van der Waals surface area contributed by atoms with Crippen molar-refractivity contribution in [2.75, 3.05) is 0 Å². The highest BCUT2D eigenvalue weighted by molar-refractivity contribution is 5.27. The molecular formula is C17H26. The number of rotatable bonds is 6. The van der Waals surface area contributed by atoms with E-state index in [1.165, 1.54) is 11.1 Å². The largest absolute Gasteiger partial charge is 0.0877 e. The molecule has 0 N–H and O–H groups in total. The molecule has 17 heavy (non-hydrogen) atoms. The molecule has 0 amide bonds. The molecule has 94 valence electrons. The Morgan fingerprint density at radius 1 is 0.941 bits per heavy atom. The second kappa shape index (κ2) is 9.89. The van der Waals surface area contributed by atoms with Crippen LogP contribution in [0.4, 0.5) is 0 Å². The minimum Gasteiger partial charge on any atom is -0.0877 e. The van der Waals surface area contributed by atoms with E-state index in [9.17, 15) is 0 Å². The maximum absolute atomic E-state index is 2.29. The maximum atomic E-state index is 2.29. The van der Waals surface area contributed by atoms with Gasteiger partial charge in [0.2, 0.25) is 0 Å². The van der Waals surface area contributed by atoms with Crippen LogP contribution in [0.3, 0.4) is 0 Å². The van der Waals surface area contributed by atoms with Gasteiger partial charge in [0.1, 0.15) is 0 Å². The summed E-state index contributed by atoms with van der Waals surface area (Å²) in [6, 6.07) is 0. The summed E-state index contributed by atoms with van der Waals surface area (Å²) in [7, 11) is 0. The molecule has 0 aliphatic carbocycles. The normalized spacial score (nSPS) is 14.9. The molecule has 0 radical (unpaired) electrons. The van der Waals surface area contributed by atoms with Gasteiger partial charge in [-0.15, -0.1) is 0 Å². The van der Waals surface area contributed by atoms with E-state index >= 15 is 0 Å². The van der Waals surface area contributed by atoms with Crippen molar-refractivity contribution in [1.29, 1.82) is 0 Å². The highest BCUT2D eigenvalue weighted by Gasteiger charge is 1.88. The molecule has 0 saturated carbocycles. The molecule has 0 heterocycles. The predicted octanol–water partition coefficient (Wildman–Crippen LogP) is 5.61. The van der Waals surface area contributed by atoms with E-state index in [2.05, 4.69) is 64.2 Å². The Hall–Kier alpha value is -1.30.